The standard InChI is InChI=1S/C24H25F4N7O2S/c1-13-9-34(11-18(37-13)14-8-29-35(10-14)12-36-4)22-30-19(20-21(31-22)32-23(38-20)33(2)3)16-6-5-15(7-17(16)25)24(26,27)28/h5-8,10,13,18H,9,11-12H2,1-4H3/t13-,18-/m1/s1. The molecule has 1 aliphatic rings. The van der Waals surface area contributed by atoms with Gasteiger partial charge in [0, 0.05) is 45.1 Å². The summed E-state index contributed by atoms with van der Waals surface area (Å²) in [4.78, 5) is 17.6. The summed E-state index contributed by atoms with van der Waals surface area (Å²) in [5.41, 5.74) is 0.241. The predicted molar refractivity (Wildman–Crippen MR) is 135 cm³/mol. The molecule has 38 heavy (non-hydrogen) atoms. The fourth-order valence-electron chi connectivity index (χ4n) is 4.25. The van der Waals surface area contributed by atoms with Crippen LogP contribution in [0.25, 0.3) is 21.6 Å². The number of methoxy groups -OCH3 is 1. The van der Waals surface area contributed by atoms with Crippen molar-refractivity contribution < 1.29 is 27.0 Å². The first-order valence-corrected chi connectivity index (χ1v) is 12.5. The molecule has 0 aliphatic carbocycles. The summed E-state index contributed by atoms with van der Waals surface area (Å²) in [6.45, 7) is 3.05. The van der Waals surface area contributed by atoms with Crippen LogP contribution in [0.1, 0.15) is 24.2 Å². The van der Waals surface area contributed by atoms with E-state index in [0.717, 1.165) is 17.7 Å². The molecule has 0 bridgehead atoms. The maximum Gasteiger partial charge on any atom is 0.416 e. The largest absolute Gasteiger partial charge is 0.416 e. The fourth-order valence-corrected chi connectivity index (χ4v) is 5.18. The molecule has 14 heteroatoms. The topological polar surface area (TPSA) is 81.4 Å². The summed E-state index contributed by atoms with van der Waals surface area (Å²) in [6, 6.07) is 2.44. The van der Waals surface area contributed by atoms with Crippen LogP contribution in [0.2, 0.25) is 0 Å². The lowest BCUT2D eigenvalue weighted by atomic mass is 10.1. The second-order valence-corrected chi connectivity index (χ2v) is 10.2. The van der Waals surface area contributed by atoms with Gasteiger partial charge in [0.1, 0.15) is 23.4 Å². The minimum atomic E-state index is -4.66. The molecule has 4 heterocycles. The molecule has 0 unspecified atom stereocenters. The number of thiazole rings is 1. The first-order chi connectivity index (χ1) is 18.0. The van der Waals surface area contributed by atoms with E-state index in [9.17, 15) is 13.2 Å². The van der Waals surface area contributed by atoms with Gasteiger partial charge in [-0.15, -0.1) is 0 Å². The Morgan fingerprint density at radius 1 is 1.18 bits per heavy atom. The van der Waals surface area contributed by atoms with Crippen molar-refractivity contribution in [2.24, 2.45) is 0 Å². The highest BCUT2D eigenvalue weighted by Crippen LogP contribution is 2.39. The first-order valence-electron chi connectivity index (χ1n) is 11.7. The van der Waals surface area contributed by atoms with Crippen molar-refractivity contribution in [1.29, 1.82) is 0 Å². The van der Waals surface area contributed by atoms with Gasteiger partial charge in [0.2, 0.25) is 5.95 Å². The molecule has 1 aromatic carbocycles. The van der Waals surface area contributed by atoms with Crippen LogP contribution in [-0.2, 0) is 22.4 Å². The smallest absolute Gasteiger partial charge is 0.367 e. The lowest BCUT2D eigenvalue weighted by Gasteiger charge is -2.36. The number of hydrogen-bond acceptors (Lipinski definition) is 9. The van der Waals surface area contributed by atoms with E-state index in [1.54, 1.807) is 22.9 Å². The zero-order chi connectivity index (χ0) is 27.2. The van der Waals surface area contributed by atoms with E-state index < -0.39 is 17.6 Å². The molecule has 1 aliphatic heterocycles. The van der Waals surface area contributed by atoms with Crippen LogP contribution >= 0.6 is 11.3 Å². The average Bonchev–Trinajstić information content (AvgIpc) is 3.50. The molecule has 4 aromatic rings. The Bertz CT molecular complexity index is 1460. The number of ether oxygens (including phenoxy) is 2. The molecule has 5 rings (SSSR count). The Labute approximate surface area is 219 Å². The van der Waals surface area contributed by atoms with Crippen molar-refractivity contribution in [1.82, 2.24) is 24.7 Å². The Morgan fingerprint density at radius 3 is 2.66 bits per heavy atom. The molecule has 0 N–H and O–H groups in total. The molecule has 9 nitrogen and oxygen atoms in total. The maximum atomic E-state index is 15.1. The monoisotopic (exact) mass is 551 g/mol. The van der Waals surface area contributed by atoms with Gasteiger partial charge < -0.3 is 19.3 Å². The van der Waals surface area contributed by atoms with Crippen LogP contribution in [0.3, 0.4) is 0 Å². The molecule has 3 aromatic heterocycles. The Hall–Kier alpha value is -3.36. The predicted octanol–water partition coefficient (Wildman–Crippen LogP) is 4.74. The Morgan fingerprint density at radius 2 is 1.97 bits per heavy atom. The summed E-state index contributed by atoms with van der Waals surface area (Å²) in [5, 5.41) is 4.89. The van der Waals surface area contributed by atoms with Gasteiger partial charge in [0.15, 0.2) is 10.8 Å². The number of nitrogens with zero attached hydrogens (tertiary/aromatic N) is 7. The minimum Gasteiger partial charge on any atom is -0.367 e. The van der Waals surface area contributed by atoms with Crippen molar-refractivity contribution in [3.8, 4) is 11.3 Å². The van der Waals surface area contributed by atoms with Crippen LogP contribution in [0.5, 0.6) is 0 Å². The van der Waals surface area contributed by atoms with E-state index in [-0.39, 0.29) is 29.4 Å². The summed E-state index contributed by atoms with van der Waals surface area (Å²) in [6.07, 6.45) is -1.66. The van der Waals surface area contributed by atoms with Gasteiger partial charge in [-0.3, -0.25) is 0 Å². The fraction of sp³-hybridized carbons (Fsp3) is 0.417. The third kappa shape index (κ3) is 5.15. The third-order valence-corrected chi connectivity index (χ3v) is 7.21. The van der Waals surface area contributed by atoms with E-state index in [1.807, 2.05) is 32.1 Å². The zero-order valence-electron chi connectivity index (χ0n) is 21.0. The summed E-state index contributed by atoms with van der Waals surface area (Å²) < 4.78 is 68.0. The molecule has 2 atom stereocenters. The van der Waals surface area contributed by atoms with Crippen LogP contribution in [0, 0.1) is 5.82 Å². The quantitative estimate of drug-likeness (QED) is 0.318. The van der Waals surface area contributed by atoms with Crippen molar-refractivity contribution in [2.75, 3.05) is 44.1 Å². The van der Waals surface area contributed by atoms with Crippen molar-refractivity contribution in [3.05, 3.63) is 47.5 Å². The molecule has 1 saturated heterocycles. The van der Waals surface area contributed by atoms with Gasteiger partial charge in [-0.05, 0) is 25.1 Å². The molecule has 202 valence electrons. The van der Waals surface area contributed by atoms with E-state index >= 15 is 4.39 Å². The number of benzene rings is 1. The van der Waals surface area contributed by atoms with Crippen LogP contribution in [-0.4, -0.2) is 65.1 Å². The van der Waals surface area contributed by atoms with Gasteiger partial charge in [-0.25, -0.2) is 14.1 Å². The number of rotatable bonds is 6. The lowest BCUT2D eigenvalue weighted by molar-refractivity contribution is -0.137. The number of morpholine rings is 1. The zero-order valence-corrected chi connectivity index (χ0v) is 21.8. The molecular weight excluding hydrogens is 526 g/mol. The van der Waals surface area contributed by atoms with Gasteiger partial charge in [-0.1, -0.05) is 11.3 Å². The van der Waals surface area contributed by atoms with E-state index in [4.69, 9.17) is 9.47 Å². The highest BCUT2D eigenvalue weighted by Gasteiger charge is 2.33. The van der Waals surface area contributed by atoms with E-state index in [0.29, 0.717) is 41.4 Å². The SMILES string of the molecule is COCn1cc([C@H]2CN(c3nc(-c4ccc(C(F)(F)F)cc4F)c4sc(N(C)C)nc4n3)C[C@@H](C)O2)cn1. The number of anilines is 2. The summed E-state index contributed by atoms with van der Waals surface area (Å²) in [7, 11) is 5.19. The third-order valence-electron chi connectivity index (χ3n) is 5.99. The van der Waals surface area contributed by atoms with Crippen LogP contribution in [0.15, 0.2) is 30.6 Å². The number of aromatic nitrogens is 5. The van der Waals surface area contributed by atoms with E-state index in [2.05, 4.69) is 20.1 Å². The average molecular weight is 552 g/mol. The van der Waals surface area contributed by atoms with Crippen molar-refractivity contribution in [3.63, 3.8) is 0 Å². The number of alkyl halides is 3. The highest BCUT2D eigenvalue weighted by atomic mass is 32.1. The van der Waals surface area contributed by atoms with Crippen LogP contribution in [0.4, 0.5) is 28.6 Å². The molecule has 1 fully saturated rings. The summed E-state index contributed by atoms with van der Waals surface area (Å²) in [5.74, 6) is -0.740. The molecule has 0 amide bonds. The first kappa shape index (κ1) is 26.3. The molecule has 0 saturated carbocycles. The number of fused-ring (bicyclic) bond motifs is 1. The minimum absolute atomic E-state index is 0.0562. The van der Waals surface area contributed by atoms with Gasteiger partial charge in [0.05, 0.1) is 30.1 Å². The second kappa shape index (κ2) is 10.1. The second-order valence-electron chi connectivity index (χ2n) is 9.18. The molecular formula is C24H25F4N7O2S. The van der Waals surface area contributed by atoms with Crippen molar-refractivity contribution in [2.45, 2.75) is 32.0 Å². The maximum absolute atomic E-state index is 15.1. The van der Waals surface area contributed by atoms with Crippen molar-refractivity contribution >= 4 is 32.8 Å². The van der Waals surface area contributed by atoms with Gasteiger partial charge in [-0.2, -0.15) is 28.2 Å². The van der Waals surface area contributed by atoms with Gasteiger partial charge >= 0.3 is 6.18 Å². The normalized spacial score (nSPS) is 18.4. The Balaban J connectivity index is 1.57. The Kier molecular flexibility index (Phi) is 6.96. The number of halogens is 4. The van der Waals surface area contributed by atoms with Gasteiger partial charge in [0.25, 0.3) is 0 Å². The molecule has 0 spiro atoms. The van der Waals surface area contributed by atoms with E-state index in [1.165, 1.54) is 11.3 Å². The van der Waals surface area contributed by atoms with Crippen LogP contribution < -0.4 is 9.80 Å². The lowest BCUT2D eigenvalue weighted by Crippen LogP contribution is -2.43. The summed E-state index contributed by atoms with van der Waals surface area (Å²) >= 11 is 1.24. The molecule has 0 radical (unpaired) electrons. The highest BCUT2D eigenvalue weighted by molar-refractivity contribution is 7.22. The number of hydrogen-bond donors (Lipinski definition) is 0.